The first-order chi connectivity index (χ1) is 15.8. The largest absolute Gasteiger partial charge is 0.492 e. The third kappa shape index (κ3) is 5.88. The predicted octanol–water partition coefficient (Wildman–Crippen LogP) is 2.53. The van der Waals surface area contributed by atoms with Crippen LogP contribution in [0.5, 0.6) is 5.75 Å². The molecule has 0 saturated heterocycles. The molecule has 33 heavy (non-hydrogen) atoms. The van der Waals surface area contributed by atoms with Crippen molar-refractivity contribution in [2.24, 2.45) is 5.41 Å². The van der Waals surface area contributed by atoms with Gasteiger partial charge < -0.3 is 9.64 Å². The Morgan fingerprint density at radius 1 is 1.24 bits per heavy atom. The van der Waals surface area contributed by atoms with E-state index in [1.54, 1.807) is 23.3 Å². The van der Waals surface area contributed by atoms with Crippen LogP contribution in [-0.4, -0.2) is 61.1 Å². The number of ketones is 1. The number of anilines is 1. The second-order valence-electron chi connectivity index (χ2n) is 9.58. The third-order valence-corrected chi connectivity index (χ3v) is 5.35. The lowest BCUT2D eigenvalue weighted by Gasteiger charge is -2.23. The molecule has 3 aromatic heterocycles. The number of hydrogen-bond donors (Lipinski definition) is 0. The minimum absolute atomic E-state index is 0.0362. The first-order valence-electron chi connectivity index (χ1n) is 11.2. The molecule has 0 aliphatic heterocycles. The average molecular weight is 451 g/mol. The molecule has 3 heterocycles. The smallest absolute Gasteiger partial charge is 0.180 e. The van der Waals surface area contributed by atoms with E-state index >= 15 is 0 Å². The number of tetrazole rings is 1. The van der Waals surface area contributed by atoms with Gasteiger partial charge in [-0.1, -0.05) is 20.8 Å². The molecule has 10 heteroatoms. The summed E-state index contributed by atoms with van der Waals surface area (Å²) >= 11 is 0. The molecule has 0 unspecified atom stereocenters. The van der Waals surface area contributed by atoms with Crippen LogP contribution in [0, 0.1) is 5.41 Å². The molecule has 1 aliphatic rings. The van der Waals surface area contributed by atoms with E-state index in [0.29, 0.717) is 43.4 Å². The number of pyridine rings is 1. The number of fused-ring (bicyclic) bond motifs is 1. The van der Waals surface area contributed by atoms with E-state index in [1.807, 2.05) is 18.0 Å². The van der Waals surface area contributed by atoms with Crippen LogP contribution in [-0.2, 0) is 24.2 Å². The van der Waals surface area contributed by atoms with Gasteiger partial charge in [-0.2, -0.15) is 0 Å². The standard InChI is InChI=1S/C23H30N8O2/c1-23(2,3)13-16(32)14-30(4)22-18-6-5-7-19(18)26-21(27-22)20-12-17(8-9-24-20)33-11-10-31-15-25-28-29-31/h8-9,12,15H,5-7,10-11,13-14H2,1-4H3. The molecule has 0 atom stereocenters. The Morgan fingerprint density at radius 2 is 2.09 bits per heavy atom. The van der Waals surface area contributed by atoms with Crippen molar-refractivity contribution >= 4 is 11.6 Å². The Kier molecular flexibility index (Phi) is 6.62. The van der Waals surface area contributed by atoms with Gasteiger partial charge in [-0.05, 0) is 41.2 Å². The minimum Gasteiger partial charge on any atom is -0.492 e. The Bertz CT molecular complexity index is 1110. The summed E-state index contributed by atoms with van der Waals surface area (Å²) in [4.78, 5) is 28.7. The van der Waals surface area contributed by atoms with E-state index in [-0.39, 0.29) is 11.2 Å². The molecule has 0 spiro atoms. The van der Waals surface area contributed by atoms with Gasteiger partial charge in [0.1, 0.15) is 30.2 Å². The SMILES string of the molecule is CN(CC(=O)CC(C)(C)C)c1nc(-c2cc(OCCn3cnnn3)ccn2)nc2c1CCC2. The lowest BCUT2D eigenvalue weighted by molar-refractivity contribution is -0.119. The zero-order chi connectivity index (χ0) is 23.4. The van der Waals surface area contributed by atoms with Gasteiger partial charge in [0, 0.05) is 37.0 Å². The van der Waals surface area contributed by atoms with Crippen molar-refractivity contribution in [2.75, 3.05) is 25.1 Å². The van der Waals surface area contributed by atoms with Crippen molar-refractivity contribution < 1.29 is 9.53 Å². The van der Waals surface area contributed by atoms with Crippen LogP contribution in [0.2, 0.25) is 0 Å². The fraction of sp³-hybridized carbons (Fsp3) is 0.522. The molecule has 3 aromatic rings. The second-order valence-corrected chi connectivity index (χ2v) is 9.58. The summed E-state index contributed by atoms with van der Waals surface area (Å²) in [7, 11) is 1.93. The molecule has 0 aromatic carbocycles. The van der Waals surface area contributed by atoms with Crippen LogP contribution >= 0.6 is 0 Å². The van der Waals surface area contributed by atoms with Gasteiger partial charge in [0.15, 0.2) is 11.6 Å². The van der Waals surface area contributed by atoms with Crippen molar-refractivity contribution in [1.82, 2.24) is 35.2 Å². The lowest BCUT2D eigenvalue weighted by atomic mass is 9.90. The van der Waals surface area contributed by atoms with Crippen LogP contribution in [0.3, 0.4) is 0 Å². The van der Waals surface area contributed by atoms with E-state index in [0.717, 1.165) is 36.3 Å². The lowest BCUT2D eigenvalue weighted by Crippen LogP contribution is -2.30. The van der Waals surface area contributed by atoms with Crippen LogP contribution in [0.15, 0.2) is 24.7 Å². The first kappa shape index (κ1) is 22.8. The number of carbonyl (C=O) groups is 1. The number of hydrogen-bond acceptors (Lipinski definition) is 9. The van der Waals surface area contributed by atoms with Gasteiger partial charge in [-0.15, -0.1) is 5.10 Å². The van der Waals surface area contributed by atoms with E-state index in [9.17, 15) is 4.79 Å². The molecule has 0 radical (unpaired) electrons. The minimum atomic E-state index is -0.0362. The summed E-state index contributed by atoms with van der Waals surface area (Å²) in [6, 6.07) is 3.64. The molecule has 0 bridgehead atoms. The fourth-order valence-corrected chi connectivity index (χ4v) is 3.99. The Balaban J connectivity index is 1.53. The monoisotopic (exact) mass is 450 g/mol. The summed E-state index contributed by atoms with van der Waals surface area (Å²) in [5, 5.41) is 11.1. The summed E-state index contributed by atoms with van der Waals surface area (Å²) in [5.74, 6) is 2.24. The van der Waals surface area contributed by atoms with Gasteiger partial charge in [0.25, 0.3) is 0 Å². The van der Waals surface area contributed by atoms with Crippen LogP contribution < -0.4 is 9.64 Å². The Labute approximate surface area is 193 Å². The predicted molar refractivity (Wildman–Crippen MR) is 123 cm³/mol. The number of ether oxygens (including phenoxy) is 1. The maximum atomic E-state index is 12.6. The molecule has 4 rings (SSSR count). The zero-order valence-corrected chi connectivity index (χ0v) is 19.7. The summed E-state index contributed by atoms with van der Waals surface area (Å²) in [5.41, 5.74) is 2.78. The highest BCUT2D eigenvalue weighted by Crippen LogP contribution is 2.31. The number of nitrogens with zero attached hydrogens (tertiary/aromatic N) is 8. The van der Waals surface area contributed by atoms with Crippen molar-refractivity contribution in [2.45, 2.75) is 53.0 Å². The van der Waals surface area contributed by atoms with E-state index in [4.69, 9.17) is 14.7 Å². The Hall–Kier alpha value is -3.43. The van der Waals surface area contributed by atoms with E-state index in [1.165, 1.54) is 0 Å². The first-order valence-corrected chi connectivity index (χ1v) is 11.2. The maximum Gasteiger partial charge on any atom is 0.180 e. The Morgan fingerprint density at radius 3 is 2.85 bits per heavy atom. The number of rotatable bonds is 9. The fourth-order valence-electron chi connectivity index (χ4n) is 3.99. The highest BCUT2D eigenvalue weighted by molar-refractivity contribution is 5.84. The van der Waals surface area contributed by atoms with Crippen LogP contribution in [0.25, 0.3) is 11.5 Å². The summed E-state index contributed by atoms with van der Waals surface area (Å²) < 4.78 is 7.45. The third-order valence-electron chi connectivity index (χ3n) is 5.35. The second kappa shape index (κ2) is 9.60. The molecule has 0 saturated carbocycles. The molecule has 174 valence electrons. The van der Waals surface area contributed by atoms with E-state index in [2.05, 4.69) is 41.3 Å². The average Bonchev–Trinajstić information content (AvgIpc) is 3.43. The quantitative estimate of drug-likeness (QED) is 0.485. The van der Waals surface area contributed by atoms with E-state index < -0.39 is 0 Å². The molecule has 1 aliphatic carbocycles. The van der Waals surface area contributed by atoms with Crippen molar-refractivity contribution in [3.8, 4) is 17.3 Å². The number of aromatic nitrogens is 7. The molecular formula is C23H30N8O2. The molecular weight excluding hydrogens is 420 g/mol. The van der Waals surface area contributed by atoms with Gasteiger partial charge >= 0.3 is 0 Å². The zero-order valence-electron chi connectivity index (χ0n) is 19.7. The molecule has 0 N–H and O–H groups in total. The molecule has 0 fully saturated rings. The number of carbonyl (C=O) groups excluding carboxylic acids is 1. The topological polar surface area (TPSA) is 112 Å². The summed E-state index contributed by atoms with van der Waals surface area (Å²) in [6.45, 7) is 7.52. The normalized spacial score (nSPS) is 13.1. The van der Waals surface area contributed by atoms with Gasteiger partial charge in [0.05, 0.1) is 13.1 Å². The van der Waals surface area contributed by atoms with Gasteiger partial charge in [0.2, 0.25) is 0 Å². The van der Waals surface area contributed by atoms with Crippen molar-refractivity contribution in [1.29, 1.82) is 0 Å². The van der Waals surface area contributed by atoms with Crippen LogP contribution in [0.1, 0.15) is 44.9 Å². The van der Waals surface area contributed by atoms with Gasteiger partial charge in [-0.25, -0.2) is 14.6 Å². The number of Topliss-reactive ketones (excluding diaryl/α,β-unsaturated/α-hetero) is 1. The highest BCUT2D eigenvalue weighted by Gasteiger charge is 2.24. The van der Waals surface area contributed by atoms with Crippen molar-refractivity contribution in [3.05, 3.63) is 35.9 Å². The van der Waals surface area contributed by atoms with Crippen LogP contribution in [0.4, 0.5) is 5.82 Å². The maximum absolute atomic E-state index is 12.6. The number of likely N-dealkylation sites (N-methyl/N-ethyl adjacent to an activating group) is 1. The number of aryl methyl sites for hydroxylation is 1. The highest BCUT2D eigenvalue weighted by atomic mass is 16.5. The van der Waals surface area contributed by atoms with Gasteiger partial charge in [-0.3, -0.25) is 9.78 Å². The molecule has 10 nitrogen and oxygen atoms in total. The summed E-state index contributed by atoms with van der Waals surface area (Å²) in [6.07, 6.45) is 6.64. The molecule has 0 amide bonds. The van der Waals surface area contributed by atoms with Crippen molar-refractivity contribution in [3.63, 3.8) is 0 Å².